The summed E-state index contributed by atoms with van der Waals surface area (Å²) in [4.78, 5) is 43.4. The van der Waals surface area contributed by atoms with Gasteiger partial charge in [0.1, 0.15) is 11.8 Å². The molecule has 4 rings (SSSR count). The lowest BCUT2D eigenvalue weighted by molar-refractivity contribution is -0.130. The van der Waals surface area contributed by atoms with E-state index in [-0.39, 0.29) is 11.8 Å². The second kappa shape index (κ2) is 9.99. The van der Waals surface area contributed by atoms with Crippen LogP contribution >= 0.6 is 0 Å². The number of rotatable bonds is 6. The summed E-state index contributed by atoms with van der Waals surface area (Å²) in [5.74, 6) is -1.21. The van der Waals surface area contributed by atoms with Crippen LogP contribution in [0.1, 0.15) is 13.8 Å². The Morgan fingerprint density at radius 1 is 0.886 bits per heavy atom. The lowest BCUT2D eigenvalue weighted by atomic mass is 9.99. The van der Waals surface area contributed by atoms with Crippen molar-refractivity contribution in [3.05, 3.63) is 78.9 Å². The fourth-order valence-electron chi connectivity index (χ4n) is 4.23. The van der Waals surface area contributed by atoms with Gasteiger partial charge in [0, 0.05) is 11.4 Å². The fraction of sp³-hybridized carbons (Fsp3) is 0.222. The van der Waals surface area contributed by atoms with Gasteiger partial charge in [-0.25, -0.2) is 0 Å². The first-order valence-electron chi connectivity index (χ1n) is 11.3. The number of methoxy groups -OCH3 is 1. The normalized spacial score (nSPS) is 16.5. The maximum absolute atomic E-state index is 13.6. The molecule has 3 N–H and O–H groups in total. The van der Waals surface area contributed by atoms with Crippen LogP contribution in [0.25, 0.3) is 0 Å². The summed E-state index contributed by atoms with van der Waals surface area (Å²) < 4.78 is 5.17. The quantitative estimate of drug-likeness (QED) is 0.533. The van der Waals surface area contributed by atoms with Crippen molar-refractivity contribution in [3.63, 3.8) is 0 Å². The smallest absolute Gasteiger partial charge is 0.258 e. The molecule has 2 atom stereocenters. The Hall–Kier alpha value is -4.17. The van der Waals surface area contributed by atoms with E-state index >= 15 is 0 Å². The lowest BCUT2D eigenvalue weighted by Crippen LogP contribution is -2.57. The molecule has 1 aliphatic heterocycles. The number of ether oxygens (including phenoxy) is 1. The largest absolute Gasteiger partial charge is 0.497 e. The molecule has 0 aromatic heterocycles. The number of hydrogen-bond donors (Lipinski definition) is 2. The van der Waals surface area contributed by atoms with Crippen molar-refractivity contribution >= 4 is 40.5 Å². The SMILES string of the molecule is COc1ccc(NC(=O)C(C(C)C)N2C(=O)C(N)C(=O)N(c3ccccc3)c3ccccc32)cc1. The third-order valence-electron chi connectivity index (χ3n) is 5.92. The van der Waals surface area contributed by atoms with E-state index in [9.17, 15) is 14.4 Å². The molecule has 0 radical (unpaired) electrons. The summed E-state index contributed by atoms with van der Waals surface area (Å²) in [6.45, 7) is 3.70. The number of nitrogens with two attached hydrogens (primary N) is 1. The van der Waals surface area contributed by atoms with Gasteiger partial charge in [-0.3, -0.25) is 24.2 Å². The zero-order chi connectivity index (χ0) is 25.1. The number of benzene rings is 3. The highest BCUT2D eigenvalue weighted by atomic mass is 16.5. The van der Waals surface area contributed by atoms with E-state index in [1.165, 1.54) is 9.80 Å². The van der Waals surface area contributed by atoms with E-state index in [0.29, 0.717) is 28.5 Å². The molecule has 1 heterocycles. The Kier molecular flexibility index (Phi) is 6.84. The summed E-state index contributed by atoms with van der Waals surface area (Å²) in [5.41, 5.74) is 8.27. The van der Waals surface area contributed by atoms with Crippen LogP contribution in [0, 0.1) is 5.92 Å². The lowest BCUT2D eigenvalue weighted by Gasteiger charge is -2.34. The Labute approximate surface area is 204 Å². The zero-order valence-electron chi connectivity index (χ0n) is 19.8. The maximum atomic E-state index is 13.6. The van der Waals surface area contributed by atoms with E-state index < -0.39 is 23.9 Å². The van der Waals surface area contributed by atoms with Crippen LogP contribution < -0.4 is 25.6 Å². The molecule has 8 heteroatoms. The molecule has 0 bridgehead atoms. The number of fused-ring (bicyclic) bond motifs is 1. The van der Waals surface area contributed by atoms with Gasteiger partial charge >= 0.3 is 0 Å². The minimum atomic E-state index is -1.47. The Bertz CT molecular complexity index is 1230. The first-order valence-corrected chi connectivity index (χ1v) is 11.3. The summed E-state index contributed by atoms with van der Waals surface area (Å²) >= 11 is 0. The molecule has 3 aromatic carbocycles. The van der Waals surface area contributed by atoms with Gasteiger partial charge in [-0.15, -0.1) is 0 Å². The summed E-state index contributed by atoms with van der Waals surface area (Å²) in [6, 6.07) is 20.5. The molecule has 0 saturated heterocycles. The Balaban J connectivity index is 1.79. The highest BCUT2D eigenvalue weighted by Gasteiger charge is 2.44. The molecule has 180 valence electrons. The van der Waals surface area contributed by atoms with Gasteiger partial charge in [-0.05, 0) is 54.4 Å². The van der Waals surface area contributed by atoms with E-state index in [1.807, 2.05) is 19.9 Å². The topological polar surface area (TPSA) is 105 Å². The van der Waals surface area contributed by atoms with Gasteiger partial charge in [0.05, 0.1) is 18.5 Å². The summed E-state index contributed by atoms with van der Waals surface area (Å²) in [5, 5.41) is 2.88. The van der Waals surface area contributed by atoms with Gasteiger partial charge in [-0.1, -0.05) is 44.2 Å². The third kappa shape index (κ3) is 4.61. The minimum Gasteiger partial charge on any atom is -0.497 e. The molecule has 35 heavy (non-hydrogen) atoms. The standard InChI is InChI=1S/C27H28N4O4/c1-17(2)24(25(32)29-18-13-15-20(35-3)16-14-18)31-22-12-8-7-11-21(22)30(19-9-5-4-6-10-19)26(33)23(28)27(31)34/h4-17,23-24H,28H2,1-3H3,(H,29,32). The predicted molar refractivity (Wildman–Crippen MR) is 136 cm³/mol. The number of anilines is 4. The number of nitrogens with one attached hydrogen (secondary N) is 1. The van der Waals surface area contributed by atoms with Crippen molar-refractivity contribution in [2.75, 3.05) is 22.2 Å². The van der Waals surface area contributed by atoms with E-state index in [1.54, 1.807) is 79.9 Å². The van der Waals surface area contributed by atoms with Crippen LogP contribution in [0.3, 0.4) is 0 Å². The number of carbonyl (C=O) groups excluding carboxylic acids is 3. The highest BCUT2D eigenvalue weighted by molar-refractivity contribution is 6.24. The molecular weight excluding hydrogens is 444 g/mol. The van der Waals surface area contributed by atoms with Gasteiger partial charge in [-0.2, -0.15) is 0 Å². The van der Waals surface area contributed by atoms with Crippen molar-refractivity contribution in [2.45, 2.75) is 25.9 Å². The van der Waals surface area contributed by atoms with Crippen LogP contribution in [0.15, 0.2) is 78.9 Å². The number of carbonyl (C=O) groups is 3. The average Bonchev–Trinajstić information content (AvgIpc) is 2.94. The van der Waals surface area contributed by atoms with Crippen LogP contribution in [0.2, 0.25) is 0 Å². The first kappa shape index (κ1) is 24.0. The Morgan fingerprint density at radius 2 is 1.49 bits per heavy atom. The fourth-order valence-corrected chi connectivity index (χ4v) is 4.23. The van der Waals surface area contributed by atoms with Crippen LogP contribution in [-0.4, -0.2) is 36.9 Å². The van der Waals surface area contributed by atoms with Crippen molar-refractivity contribution in [2.24, 2.45) is 11.7 Å². The second-order valence-electron chi connectivity index (χ2n) is 8.59. The number of amides is 3. The first-order chi connectivity index (χ1) is 16.8. The molecule has 0 fully saturated rings. The van der Waals surface area contributed by atoms with Crippen LogP contribution in [0.5, 0.6) is 5.75 Å². The van der Waals surface area contributed by atoms with Gasteiger partial charge < -0.3 is 15.8 Å². The monoisotopic (exact) mass is 472 g/mol. The number of hydrogen-bond acceptors (Lipinski definition) is 5. The van der Waals surface area contributed by atoms with Crippen LogP contribution in [0.4, 0.5) is 22.7 Å². The molecule has 2 unspecified atom stereocenters. The van der Waals surface area contributed by atoms with Crippen molar-refractivity contribution in [1.29, 1.82) is 0 Å². The molecule has 8 nitrogen and oxygen atoms in total. The average molecular weight is 473 g/mol. The molecular formula is C27H28N4O4. The molecule has 3 amide bonds. The molecule has 3 aromatic rings. The van der Waals surface area contributed by atoms with Crippen molar-refractivity contribution in [1.82, 2.24) is 0 Å². The maximum Gasteiger partial charge on any atom is 0.258 e. The summed E-state index contributed by atoms with van der Waals surface area (Å²) in [6.07, 6.45) is 0. The number of para-hydroxylation sites is 3. The van der Waals surface area contributed by atoms with Crippen molar-refractivity contribution in [3.8, 4) is 5.75 Å². The third-order valence-corrected chi connectivity index (χ3v) is 5.92. The number of nitrogens with zero attached hydrogens (tertiary/aromatic N) is 2. The van der Waals surface area contributed by atoms with Gasteiger partial charge in [0.25, 0.3) is 11.8 Å². The van der Waals surface area contributed by atoms with E-state index in [4.69, 9.17) is 10.5 Å². The predicted octanol–water partition coefficient (Wildman–Crippen LogP) is 3.70. The molecule has 1 aliphatic rings. The Morgan fingerprint density at radius 3 is 2.09 bits per heavy atom. The van der Waals surface area contributed by atoms with E-state index in [0.717, 1.165) is 0 Å². The van der Waals surface area contributed by atoms with Crippen molar-refractivity contribution < 1.29 is 19.1 Å². The van der Waals surface area contributed by atoms with Gasteiger partial charge in [0.15, 0.2) is 6.04 Å². The van der Waals surface area contributed by atoms with Gasteiger partial charge in [0.2, 0.25) is 5.91 Å². The second-order valence-corrected chi connectivity index (χ2v) is 8.59. The van der Waals surface area contributed by atoms with Crippen LogP contribution in [-0.2, 0) is 14.4 Å². The van der Waals surface area contributed by atoms with E-state index in [2.05, 4.69) is 5.32 Å². The molecule has 0 aliphatic carbocycles. The minimum absolute atomic E-state index is 0.282. The summed E-state index contributed by atoms with van der Waals surface area (Å²) in [7, 11) is 1.56. The zero-order valence-corrected chi connectivity index (χ0v) is 19.8. The molecule has 0 spiro atoms. The molecule has 0 saturated carbocycles. The highest BCUT2D eigenvalue weighted by Crippen LogP contribution is 2.39.